The Labute approximate surface area is 199 Å². The summed E-state index contributed by atoms with van der Waals surface area (Å²) in [4.78, 5) is 19.3. The van der Waals surface area contributed by atoms with Gasteiger partial charge in [0.05, 0.1) is 18.2 Å². The van der Waals surface area contributed by atoms with Gasteiger partial charge in [-0.25, -0.2) is 4.39 Å². The second-order valence-electron chi connectivity index (χ2n) is 8.44. The molecule has 34 heavy (non-hydrogen) atoms. The van der Waals surface area contributed by atoms with Crippen LogP contribution in [0.25, 0.3) is 0 Å². The highest BCUT2D eigenvalue weighted by atomic mass is 19.1. The normalized spacial score (nSPS) is 14.4. The number of ether oxygens (including phenoxy) is 1. The van der Waals surface area contributed by atoms with Gasteiger partial charge in [-0.05, 0) is 66.4 Å². The average Bonchev–Trinajstić information content (AvgIpc) is 2.87. The zero-order chi connectivity index (χ0) is 23.8. The van der Waals surface area contributed by atoms with Crippen molar-refractivity contribution in [3.05, 3.63) is 95.1 Å². The first-order valence-corrected chi connectivity index (χ1v) is 11.4. The van der Waals surface area contributed by atoms with Crippen LogP contribution in [0.4, 0.5) is 4.39 Å². The van der Waals surface area contributed by atoms with Crippen molar-refractivity contribution in [1.29, 1.82) is 5.26 Å². The molecule has 1 aromatic heterocycles. The first kappa shape index (κ1) is 23.4. The molecule has 0 bridgehead atoms. The minimum absolute atomic E-state index is 0.135. The molecule has 0 saturated carbocycles. The van der Waals surface area contributed by atoms with Gasteiger partial charge in [-0.3, -0.25) is 14.7 Å². The maximum atomic E-state index is 12.9. The number of nitrogens with zero attached hydrogens (tertiary/aromatic N) is 3. The van der Waals surface area contributed by atoms with Crippen LogP contribution in [0.5, 0.6) is 5.75 Å². The highest BCUT2D eigenvalue weighted by molar-refractivity contribution is 5.92. The Kier molecular flexibility index (Phi) is 7.84. The average molecular weight is 459 g/mol. The van der Waals surface area contributed by atoms with E-state index >= 15 is 0 Å². The number of carbonyl (C=O) groups excluding carboxylic acids is 1. The molecule has 1 aliphatic heterocycles. The largest absolute Gasteiger partial charge is 0.493 e. The summed E-state index contributed by atoms with van der Waals surface area (Å²) in [6.45, 7) is 3.11. The van der Waals surface area contributed by atoms with Crippen LogP contribution in [0.1, 0.15) is 40.0 Å². The second kappa shape index (κ2) is 11.4. The van der Waals surface area contributed by atoms with Gasteiger partial charge < -0.3 is 10.1 Å². The number of halogens is 1. The molecule has 0 radical (unpaired) electrons. The van der Waals surface area contributed by atoms with Gasteiger partial charge >= 0.3 is 0 Å². The molecule has 6 nitrogen and oxygen atoms in total. The van der Waals surface area contributed by atoms with Gasteiger partial charge in [0.15, 0.2) is 0 Å². The van der Waals surface area contributed by atoms with Crippen molar-refractivity contribution in [2.45, 2.75) is 31.8 Å². The molecule has 0 atom stereocenters. The number of hydrogen-bond donors (Lipinski definition) is 1. The lowest BCUT2D eigenvalue weighted by Crippen LogP contribution is -2.44. The summed E-state index contributed by atoms with van der Waals surface area (Å²) >= 11 is 0. The summed E-state index contributed by atoms with van der Waals surface area (Å²) in [7, 11) is 0. The Balaban J connectivity index is 1.18. The topological polar surface area (TPSA) is 78.2 Å². The van der Waals surface area contributed by atoms with E-state index in [4.69, 9.17) is 10.00 Å². The van der Waals surface area contributed by atoms with Gasteiger partial charge in [-0.2, -0.15) is 5.26 Å². The molecule has 2 aromatic carbocycles. The molecule has 1 amide bonds. The standard InChI is InChI=1S/C27H27FN4O2/c28-23-6-8-25(9-7-23)34-16-13-21-5-10-26(30-18-21)27(33)31-24-11-14-32(15-12-24)19-22-3-1-20(17-29)2-4-22/h1-10,18,24H,11-16,19H2,(H,31,33). The minimum atomic E-state index is -0.293. The Morgan fingerprint density at radius 2 is 1.76 bits per heavy atom. The van der Waals surface area contributed by atoms with E-state index < -0.39 is 0 Å². The van der Waals surface area contributed by atoms with E-state index in [2.05, 4.69) is 21.3 Å². The van der Waals surface area contributed by atoms with Gasteiger partial charge in [0.25, 0.3) is 5.91 Å². The summed E-state index contributed by atoms with van der Waals surface area (Å²) in [6.07, 6.45) is 4.12. The van der Waals surface area contributed by atoms with Crippen molar-refractivity contribution >= 4 is 5.91 Å². The fourth-order valence-corrected chi connectivity index (χ4v) is 3.96. The number of piperidine rings is 1. The fraction of sp³-hybridized carbons (Fsp3) is 0.296. The predicted octanol–water partition coefficient (Wildman–Crippen LogP) is 4.11. The zero-order valence-corrected chi connectivity index (χ0v) is 18.9. The molecular formula is C27H27FN4O2. The monoisotopic (exact) mass is 458 g/mol. The highest BCUT2D eigenvalue weighted by Gasteiger charge is 2.21. The number of nitrogens with one attached hydrogen (secondary N) is 1. The summed E-state index contributed by atoms with van der Waals surface area (Å²) < 4.78 is 18.5. The number of nitriles is 1. The van der Waals surface area contributed by atoms with Crippen molar-refractivity contribution in [3.8, 4) is 11.8 Å². The van der Waals surface area contributed by atoms with E-state index in [0.29, 0.717) is 30.0 Å². The number of amides is 1. The molecular weight excluding hydrogens is 431 g/mol. The SMILES string of the molecule is N#Cc1ccc(CN2CCC(NC(=O)c3ccc(CCOc4ccc(F)cc4)cn3)CC2)cc1. The molecule has 1 fully saturated rings. The minimum Gasteiger partial charge on any atom is -0.493 e. The van der Waals surface area contributed by atoms with Gasteiger partial charge in [-0.1, -0.05) is 18.2 Å². The van der Waals surface area contributed by atoms with Crippen LogP contribution in [0.3, 0.4) is 0 Å². The molecule has 3 aromatic rings. The van der Waals surface area contributed by atoms with Gasteiger partial charge in [0, 0.05) is 38.3 Å². The first-order chi connectivity index (χ1) is 16.6. The van der Waals surface area contributed by atoms with Crippen molar-refractivity contribution in [2.75, 3.05) is 19.7 Å². The highest BCUT2D eigenvalue weighted by Crippen LogP contribution is 2.15. The van der Waals surface area contributed by atoms with E-state index in [1.165, 1.54) is 17.7 Å². The van der Waals surface area contributed by atoms with E-state index in [1.807, 2.05) is 30.3 Å². The Morgan fingerprint density at radius 3 is 2.41 bits per heavy atom. The van der Waals surface area contributed by atoms with Crippen molar-refractivity contribution in [3.63, 3.8) is 0 Å². The lowest BCUT2D eigenvalue weighted by Gasteiger charge is -2.32. The predicted molar refractivity (Wildman–Crippen MR) is 127 cm³/mol. The number of rotatable bonds is 8. The van der Waals surface area contributed by atoms with Crippen LogP contribution >= 0.6 is 0 Å². The number of likely N-dealkylation sites (tertiary alicyclic amines) is 1. The number of hydrogen-bond acceptors (Lipinski definition) is 5. The Bertz CT molecular complexity index is 1120. The summed E-state index contributed by atoms with van der Waals surface area (Å²) in [5.41, 5.74) is 3.23. The van der Waals surface area contributed by atoms with Gasteiger partial charge in [-0.15, -0.1) is 0 Å². The van der Waals surface area contributed by atoms with Crippen LogP contribution in [0.15, 0.2) is 66.9 Å². The molecule has 0 unspecified atom stereocenters. The van der Waals surface area contributed by atoms with Crippen molar-refractivity contribution in [1.82, 2.24) is 15.2 Å². The van der Waals surface area contributed by atoms with Crippen molar-refractivity contribution in [2.24, 2.45) is 0 Å². The van der Waals surface area contributed by atoms with Gasteiger partial charge in [0.2, 0.25) is 0 Å². The van der Waals surface area contributed by atoms with E-state index in [-0.39, 0.29) is 17.8 Å². The molecule has 0 spiro atoms. The molecule has 1 aliphatic rings. The molecule has 1 N–H and O–H groups in total. The third-order valence-corrected chi connectivity index (χ3v) is 5.94. The molecule has 174 valence electrons. The van der Waals surface area contributed by atoms with Crippen molar-refractivity contribution < 1.29 is 13.9 Å². The third kappa shape index (κ3) is 6.63. The van der Waals surface area contributed by atoms with E-state index in [9.17, 15) is 9.18 Å². The molecule has 0 aliphatic carbocycles. The number of carbonyl (C=O) groups is 1. The fourth-order valence-electron chi connectivity index (χ4n) is 3.96. The van der Waals surface area contributed by atoms with Crippen LogP contribution in [-0.4, -0.2) is 41.5 Å². The quantitative estimate of drug-likeness (QED) is 0.550. The lowest BCUT2D eigenvalue weighted by atomic mass is 10.0. The lowest BCUT2D eigenvalue weighted by molar-refractivity contribution is 0.0904. The molecule has 4 rings (SSSR count). The smallest absolute Gasteiger partial charge is 0.270 e. The van der Waals surface area contributed by atoms with E-state index in [0.717, 1.165) is 38.0 Å². The van der Waals surface area contributed by atoms with Gasteiger partial charge in [0.1, 0.15) is 17.3 Å². The maximum absolute atomic E-state index is 12.9. The van der Waals surface area contributed by atoms with Crippen LogP contribution < -0.4 is 10.1 Å². The summed E-state index contributed by atoms with van der Waals surface area (Å²) in [5, 5.41) is 12.0. The molecule has 7 heteroatoms. The Morgan fingerprint density at radius 1 is 1.06 bits per heavy atom. The first-order valence-electron chi connectivity index (χ1n) is 11.4. The number of pyridine rings is 1. The Hall–Kier alpha value is -3.76. The third-order valence-electron chi connectivity index (χ3n) is 5.94. The summed E-state index contributed by atoms with van der Waals surface area (Å²) in [5.74, 6) is 0.173. The maximum Gasteiger partial charge on any atom is 0.270 e. The molecule has 2 heterocycles. The molecule has 1 saturated heterocycles. The van der Waals surface area contributed by atoms with Crippen LogP contribution in [0.2, 0.25) is 0 Å². The van der Waals surface area contributed by atoms with Crippen LogP contribution in [0, 0.1) is 17.1 Å². The zero-order valence-electron chi connectivity index (χ0n) is 18.9. The number of benzene rings is 2. The second-order valence-corrected chi connectivity index (χ2v) is 8.44. The van der Waals surface area contributed by atoms with E-state index in [1.54, 1.807) is 24.4 Å². The summed E-state index contributed by atoms with van der Waals surface area (Å²) in [6, 6.07) is 19.5. The number of aromatic nitrogens is 1. The van der Waals surface area contributed by atoms with Crippen LogP contribution in [-0.2, 0) is 13.0 Å².